The maximum Gasteiger partial charge on any atom is 0.266 e. The fourth-order valence-electron chi connectivity index (χ4n) is 5.01. The van der Waals surface area contributed by atoms with Gasteiger partial charge in [-0.2, -0.15) is 5.21 Å². The van der Waals surface area contributed by atoms with Crippen LogP contribution in [0.5, 0.6) is 5.75 Å². The summed E-state index contributed by atoms with van der Waals surface area (Å²) in [4.78, 5) is 22.5. The van der Waals surface area contributed by atoms with Gasteiger partial charge in [-0.25, -0.2) is 0 Å². The quantitative estimate of drug-likeness (QED) is 0.151. The van der Waals surface area contributed by atoms with Crippen molar-refractivity contribution >= 4 is 51.2 Å². The number of hydrogen-bond donors (Lipinski definition) is 1. The molecule has 42 heavy (non-hydrogen) atoms. The van der Waals surface area contributed by atoms with Gasteiger partial charge >= 0.3 is 0 Å². The summed E-state index contributed by atoms with van der Waals surface area (Å²) in [5, 5.41) is 15.1. The van der Waals surface area contributed by atoms with Crippen LogP contribution in [0.25, 0.3) is 28.1 Å². The summed E-state index contributed by atoms with van der Waals surface area (Å²) in [5.74, 6) is 1.33. The Labute approximate surface area is 253 Å². The molecule has 2 aromatic carbocycles. The Balaban J connectivity index is 1.21. The number of thioether (sulfide) groups is 1. The summed E-state index contributed by atoms with van der Waals surface area (Å²) in [6, 6.07) is 16.4. The van der Waals surface area contributed by atoms with Gasteiger partial charge in [-0.3, -0.25) is 19.6 Å². The lowest BCUT2D eigenvalue weighted by Gasteiger charge is -2.26. The average Bonchev–Trinajstić information content (AvgIpc) is 3.63. The number of tetrazole rings is 1. The van der Waals surface area contributed by atoms with Crippen LogP contribution in [0.3, 0.4) is 0 Å². The molecule has 4 heterocycles. The minimum atomic E-state index is -0.0778. The summed E-state index contributed by atoms with van der Waals surface area (Å²) < 4.78 is 12.3. The second-order valence-electron chi connectivity index (χ2n) is 10.1. The second-order valence-corrected chi connectivity index (χ2v) is 11.8. The molecule has 2 fully saturated rings. The molecule has 0 aliphatic carbocycles. The van der Waals surface area contributed by atoms with Crippen LogP contribution < -0.4 is 4.74 Å². The van der Waals surface area contributed by atoms with Crippen molar-refractivity contribution < 1.29 is 14.3 Å². The number of nitrogens with zero attached hydrogens (tertiary/aromatic N) is 6. The zero-order chi connectivity index (χ0) is 28.7. The van der Waals surface area contributed by atoms with Crippen molar-refractivity contribution in [2.75, 3.05) is 46.0 Å². The Morgan fingerprint density at radius 1 is 1.07 bits per heavy atom. The third kappa shape index (κ3) is 6.84. The first-order chi connectivity index (χ1) is 20.6. The van der Waals surface area contributed by atoms with E-state index in [2.05, 4.69) is 60.8 Å². The molecule has 0 saturated carbocycles. The molecule has 2 aliphatic rings. The summed E-state index contributed by atoms with van der Waals surface area (Å²) in [5.41, 5.74) is 3.90. The van der Waals surface area contributed by atoms with E-state index >= 15 is 0 Å². The molecular formula is C30H31N7O3S2. The van der Waals surface area contributed by atoms with Crippen molar-refractivity contribution in [1.82, 2.24) is 35.4 Å². The van der Waals surface area contributed by atoms with Crippen molar-refractivity contribution in [3.63, 3.8) is 0 Å². The Kier molecular flexibility index (Phi) is 9.14. The predicted molar refractivity (Wildman–Crippen MR) is 167 cm³/mol. The maximum atomic E-state index is 13.4. The molecule has 10 nitrogen and oxygen atoms in total. The highest BCUT2D eigenvalue weighted by Crippen LogP contribution is 2.36. The van der Waals surface area contributed by atoms with Crippen molar-refractivity contribution in [3.8, 4) is 16.9 Å². The molecular weight excluding hydrogens is 571 g/mol. The van der Waals surface area contributed by atoms with Gasteiger partial charge in [0.1, 0.15) is 16.7 Å². The molecule has 2 aliphatic heterocycles. The van der Waals surface area contributed by atoms with E-state index in [4.69, 9.17) is 21.7 Å². The van der Waals surface area contributed by atoms with Crippen LogP contribution in [-0.4, -0.2) is 91.6 Å². The van der Waals surface area contributed by atoms with Crippen molar-refractivity contribution in [3.05, 3.63) is 71.0 Å². The molecule has 2 aromatic heterocycles. The van der Waals surface area contributed by atoms with Gasteiger partial charge in [0.25, 0.3) is 5.91 Å². The number of nitrogens with one attached hydrogen (secondary N) is 1. The minimum absolute atomic E-state index is 0.0778. The van der Waals surface area contributed by atoms with Gasteiger partial charge in [0.15, 0.2) is 5.82 Å². The number of rotatable bonds is 11. The molecule has 0 bridgehead atoms. The number of aromatic nitrogens is 5. The number of pyridine rings is 1. The number of hydrogen-bond acceptors (Lipinski definition) is 10. The number of benzene rings is 2. The molecule has 0 radical (unpaired) electrons. The predicted octanol–water partition coefficient (Wildman–Crippen LogP) is 4.35. The standard InChI is InChI=1S/C30H31N7O3S2/c38-29-27(42-30(41)37(29)11-2-1-5-28-32-34-35-33-28)20-24-19-22(21-6-8-25-23(18-21)4-3-10-31-25)7-9-26(24)40-17-14-36-12-15-39-16-13-36/h3-4,6-10,18-20H,1-2,5,11-17H2,(H,32,33,34,35)/b27-20-. The Hall–Kier alpha value is -3.71. The van der Waals surface area contributed by atoms with Crippen LogP contribution in [0.1, 0.15) is 24.2 Å². The molecule has 0 atom stereocenters. The molecule has 6 rings (SSSR count). The van der Waals surface area contributed by atoms with E-state index in [9.17, 15) is 4.79 Å². The van der Waals surface area contributed by atoms with E-state index in [0.717, 1.165) is 79.0 Å². The molecule has 0 unspecified atom stereocenters. The summed E-state index contributed by atoms with van der Waals surface area (Å²) in [7, 11) is 0. The number of unbranched alkanes of at least 4 members (excludes halogenated alkanes) is 1. The first-order valence-electron chi connectivity index (χ1n) is 14.0. The molecule has 0 spiro atoms. The first kappa shape index (κ1) is 28.4. The van der Waals surface area contributed by atoms with Crippen molar-refractivity contribution in [2.45, 2.75) is 19.3 Å². The zero-order valence-corrected chi connectivity index (χ0v) is 24.7. The van der Waals surface area contributed by atoms with Crippen LogP contribution in [0.15, 0.2) is 59.6 Å². The Morgan fingerprint density at radius 2 is 1.93 bits per heavy atom. The van der Waals surface area contributed by atoms with Gasteiger partial charge in [0.2, 0.25) is 0 Å². The number of aryl methyl sites for hydroxylation is 1. The molecule has 2 saturated heterocycles. The van der Waals surface area contributed by atoms with E-state index in [1.807, 2.05) is 24.3 Å². The SMILES string of the molecule is O=C1/C(=C/c2cc(-c3ccc4ncccc4c3)ccc2OCCN2CCOCC2)SC(=S)N1CCCCc1nn[nH]n1. The van der Waals surface area contributed by atoms with E-state index in [1.165, 1.54) is 11.8 Å². The van der Waals surface area contributed by atoms with Crippen LogP contribution in [0.2, 0.25) is 0 Å². The molecule has 216 valence electrons. The summed E-state index contributed by atoms with van der Waals surface area (Å²) >= 11 is 6.93. The fourth-order valence-corrected chi connectivity index (χ4v) is 6.31. The second kappa shape index (κ2) is 13.5. The highest BCUT2D eigenvalue weighted by Gasteiger charge is 2.31. The number of ether oxygens (including phenoxy) is 2. The lowest BCUT2D eigenvalue weighted by atomic mass is 10.0. The van der Waals surface area contributed by atoms with Crippen LogP contribution in [0, 0.1) is 0 Å². The van der Waals surface area contributed by atoms with E-state index in [1.54, 1.807) is 11.1 Å². The number of aromatic amines is 1. The van der Waals surface area contributed by atoms with E-state index < -0.39 is 0 Å². The molecule has 4 aromatic rings. The fraction of sp³-hybridized carbons (Fsp3) is 0.333. The van der Waals surface area contributed by atoms with Crippen molar-refractivity contribution in [2.24, 2.45) is 0 Å². The van der Waals surface area contributed by atoms with Crippen LogP contribution in [0.4, 0.5) is 0 Å². The van der Waals surface area contributed by atoms with Crippen LogP contribution in [-0.2, 0) is 16.0 Å². The smallest absolute Gasteiger partial charge is 0.266 e. The van der Waals surface area contributed by atoms with Gasteiger partial charge in [0.05, 0.1) is 23.6 Å². The van der Waals surface area contributed by atoms with Gasteiger partial charge in [-0.1, -0.05) is 47.4 Å². The van der Waals surface area contributed by atoms with E-state index in [0.29, 0.717) is 34.6 Å². The number of carbonyl (C=O) groups excluding carboxylic acids is 1. The number of H-pyrrole nitrogens is 1. The average molecular weight is 602 g/mol. The normalized spacial score (nSPS) is 17.0. The highest BCUT2D eigenvalue weighted by atomic mass is 32.2. The number of fused-ring (bicyclic) bond motifs is 1. The molecule has 1 N–H and O–H groups in total. The highest BCUT2D eigenvalue weighted by molar-refractivity contribution is 8.26. The number of amides is 1. The minimum Gasteiger partial charge on any atom is -0.492 e. The van der Waals surface area contributed by atoms with Gasteiger partial charge in [-0.05, 0) is 60.4 Å². The molecule has 12 heteroatoms. The Morgan fingerprint density at radius 3 is 2.79 bits per heavy atom. The monoisotopic (exact) mass is 601 g/mol. The maximum absolute atomic E-state index is 13.4. The largest absolute Gasteiger partial charge is 0.492 e. The number of morpholine rings is 1. The third-order valence-electron chi connectivity index (χ3n) is 7.30. The van der Waals surface area contributed by atoms with Crippen LogP contribution >= 0.6 is 24.0 Å². The lowest BCUT2D eigenvalue weighted by Crippen LogP contribution is -2.38. The number of carbonyl (C=O) groups is 1. The number of thiocarbonyl (C=S) groups is 1. The lowest BCUT2D eigenvalue weighted by molar-refractivity contribution is -0.122. The zero-order valence-electron chi connectivity index (χ0n) is 23.1. The summed E-state index contributed by atoms with van der Waals surface area (Å²) in [6.45, 7) is 5.22. The molecule has 1 amide bonds. The van der Waals surface area contributed by atoms with Gasteiger partial charge in [0, 0.05) is 49.7 Å². The van der Waals surface area contributed by atoms with Gasteiger partial charge in [-0.15, -0.1) is 10.2 Å². The van der Waals surface area contributed by atoms with E-state index in [-0.39, 0.29) is 5.91 Å². The van der Waals surface area contributed by atoms with Crippen molar-refractivity contribution in [1.29, 1.82) is 0 Å². The summed E-state index contributed by atoms with van der Waals surface area (Å²) in [6.07, 6.45) is 6.03. The topological polar surface area (TPSA) is 109 Å². The first-order valence-corrected chi connectivity index (χ1v) is 15.3. The third-order valence-corrected chi connectivity index (χ3v) is 8.67. The Bertz CT molecular complexity index is 1590. The van der Waals surface area contributed by atoms with Gasteiger partial charge < -0.3 is 9.47 Å².